The van der Waals surface area contributed by atoms with E-state index in [4.69, 9.17) is 11.6 Å². The van der Waals surface area contributed by atoms with Gasteiger partial charge in [-0.25, -0.2) is 0 Å². The molecule has 0 saturated carbocycles. The highest BCUT2D eigenvalue weighted by Gasteiger charge is 2.20. The van der Waals surface area contributed by atoms with Crippen molar-refractivity contribution in [3.05, 3.63) is 106 Å². The van der Waals surface area contributed by atoms with Crippen LogP contribution in [0.4, 0.5) is 0 Å². The van der Waals surface area contributed by atoms with Gasteiger partial charge in [-0.1, -0.05) is 78.3 Å². The van der Waals surface area contributed by atoms with Gasteiger partial charge in [-0.3, -0.25) is 9.59 Å². The summed E-state index contributed by atoms with van der Waals surface area (Å²) < 4.78 is 0. The maximum Gasteiger partial charge on any atom is 0.253 e. The lowest BCUT2D eigenvalue weighted by atomic mass is 10.0. The minimum Gasteiger partial charge on any atom is -0.352 e. The molecule has 1 atom stereocenters. The zero-order chi connectivity index (χ0) is 20.6. The SMILES string of the molecule is Cc1ccccc1CNC(=O)C[C@H](NC(=O)c1ccccc1Cl)c1ccccc1. The predicted molar refractivity (Wildman–Crippen MR) is 116 cm³/mol. The molecule has 0 aliphatic heterocycles. The molecule has 0 aliphatic rings. The molecule has 0 fully saturated rings. The molecule has 3 aromatic carbocycles. The molecule has 2 amide bonds. The van der Waals surface area contributed by atoms with Gasteiger partial charge in [0.2, 0.25) is 5.91 Å². The van der Waals surface area contributed by atoms with Gasteiger partial charge in [-0.05, 0) is 35.7 Å². The minimum absolute atomic E-state index is 0.131. The van der Waals surface area contributed by atoms with Crippen LogP contribution in [0.15, 0.2) is 78.9 Å². The minimum atomic E-state index is -0.461. The average molecular weight is 407 g/mol. The number of carbonyl (C=O) groups excluding carboxylic acids is 2. The second kappa shape index (κ2) is 9.89. The van der Waals surface area contributed by atoms with Gasteiger partial charge in [0.25, 0.3) is 5.91 Å². The molecular formula is C24H23ClN2O2. The molecule has 3 rings (SSSR count). The Hall–Kier alpha value is -3.11. The Labute approximate surface area is 175 Å². The largest absolute Gasteiger partial charge is 0.352 e. The van der Waals surface area contributed by atoms with Gasteiger partial charge in [0, 0.05) is 6.54 Å². The summed E-state index contributed by atoms with van der Waals surface area (Å²) in [5, 5.41) is 6.27. The zero-order valence-corrected chi connectivity index (χ0v) is 16.9. The summed E-state index contributed by atoms with van der Waals surface area (Å²) in [5.41, 5.74) is 3.44. The molecule has 148 valence electrons. The van der Waals surface area contributed by atoms with Crippen molar-refractivity contribution in [3.8, 4) is 0 Å². The van der Waals surface area contributed by atoms with Crippen molar-refractivity contribution < 1.29 is 9.59 Å². The van der Waals surface area contributed by atoms with Gasteiger partial charge in [-0.2, -0.15) is 0 Å². The van der Waals surface area contributed by atoms with Gasteiger partial charge in [0.15, 0.2) is 0 Å². The number of halogens is 1. The van der Waals surface area contributed by atoms with Crippen LogP contribution >= 0.6 is 11.6 Å². The van der Waals surface area contributed by atoms with E-state index in [0.717, 1.165) is 16.7 Å². The van der Waals surface area contributed by atoms with Crippen LogP contribution < -0.4 is 10.6 Å². The van der Waals surface area contributed by atoms with Crippen LogP contribution in [0.2, 0.25) is 5.02 Å². The number of rotatable bonds is 7. The van der Waals surface area contributed by atoms with Crippen molar-refractivity contribution in [1.82, 2.24) is 10.6 Å². The van der Waals surface area contributed by atoms with Gasteiger partial charge in [0.1, 0.15) is 0 Å². The van der Waals surface area contributed by atoms with E-state index in [0.29, 0.717) is 17.1 Å². The molecule has 0 heterocycles. The van der Waals surface area contributed by atoms with E-state index in [9.17, 15) is 9.59 Å². The lowest BCUT2D eigenvalue weighted by Gasteiger charge is -2.19. The standard InChI is InChI=1S/C24H23ClN2O2/c1-17-9-5-6-12-19(17)16-26-23(28)15-22(18-10-3-2-4-11-18)27-24(29)20-13-7-8-14-21(20)25/h2-14,22H,15-16H2,1H3,(H,26,28)(H,27,29)/t22-/m0/s1. The third-order valence-corrected chi connectivity index (χ3v) is 5.08. The highest BCUT2D eigenvalue weighted by atomic mass is 35.5. The van der Waals surface area contributed by atoms with Gasteiger partial charge in [-0.15, -0.1) is 0 Å². The summed E-state index contributed by atoms with van der Waals surface area (Å²) in [6.45, 7) is 2.46. The molecule has 4 nitrogen and oxygen atoms in total. The summed E-state index contributed by atoms with van der Waals surface area (Å²) >= 11 is 6.15. The Morgan fingerprint density at radius 2 is 1.55 bits per heavy atom. The van der Waals surface area contributed by atoms with E-state index < -0.39 is 6.04 Å². The maximum absolute atomic E-state index is 12.7. The lowest BCUT2D eigenvalue weighted by molar-refractivity contribution is -0.121. The molecule has 0 aliphatic carbocycles. The molecule has 0 saturated heterocycles. The quantitative estimate of drug-likeness (QED) is 0.590. The molecule has 0 bridgehead atoms. The third kappa shape index (κ3) is 5.69. The molecule has 0 spiro atoms. The molecule has 2 N–H and O–H groups in total. The van der Waals surface area contributed by atoms with Gasteiger partial charge >= 0.3 is 0 Å². The topological polar surface area (TPSA) is 58.2 Å². The number of aryl methyl sites for hydroxylation is 1. The summed E-state index contributed by atoms with van der Waals surface area (Å²) in [4.78, 5) is 25.3. The van der Waals surface area contributed by atoms with Crippen molar-refractivity contribution in [2.45, 2.75) is 25.9 Å². The number of benzene rings is 3. The average Bonchev–Trinajstić information content (AvgIpc) is 2.73. The van der Waals surface area contributed by atoms with Gasteiger partial charge in [0.05, 0.1) is 23.0 Å². The van der Waals surface area contributed by atoms with Crippen LogP contribution in [-0.4, -0.2) is 11.8 Å². The predicted octanol–water partition coefficient (Wildman–Crippen LogP) is 4.83. The fraction of sp³-hybridized carbons (Fsp3) is 0.167. The van der Waals surface area contributed by atoms with Crippen molar-refractivity contribution in [2.24, 2.45) is 0 Å². The van der Waals surface area contributed by atoms with Crippen LogP contribution in [-0.2, 0) is 11.3 Å². The zero-order valence-electron chi connectivity index (χ0n) is 16.2. The number of carbonyl (C=O) groups is 2. The molecule has 29 heavy (non-hydrogen) atoms. The first-order chi connectivity index (χ1) is 14.0. The summed E-state index contributed by atoms with van der Waals surface area (Å²) in [7, 11) is 0. The highest BCUT2D eigenvalue weighted by molar-refractivity contribution is 6.33. The van der Waals surface area contributed by atoms with Gasteiger partial charge < -0.3 is 10.6 Å². The first kappa shape index (κ1) is 20.6. The third-order valence-electron chi connectivity index (χ3n) is 4.75. The fourth-order valence-corrected chi connectivity index (χ4v) is 3.30. The smallest absolute Gasteiger partial charge is 0.253 e. The van der Waals surface area contributed by atoms with E-state index in [1.807, 2.05) is 61.5 Å². The Morgan fingerprint density at radius 1 is 0.897 bits per heavy atom. The van der Waals surface area contributed by atoms with Crippen LogP contribution in [0.5, 0.6) is 0 Å². The second-order valence-corrected chi connectivity index (χ2v) is 7.23. The lowest BCUT2D eigenvalue weighted by Crippen LogP contribution is -2.33. The summed E-state index contributed by atoms with van der Waals surface area (Å²) in [5.74, 6) is -0.447. The first-order valence-electron chi connectivity index (χ1n) is 9.46. The molecule has 0 radical (unpaired) electrons. The molecular weight excluding hydrogens is 384 g/mol. The van der Waals surface area contributed by atoms with Crippen molar-refractivity contribution in [1.29, 1.82) is 0 Å². The first-order valence-corrected chi connectivity index (χ1v) is 9.84. The monoisotopic (exact) mass is 406 g/mol. The summed E-state index contributed by atoms with van der Waals surface area (Å²) in [6.07, 6.45) is 0.131. The van der Waals surface area contributed by atoms with Crippen LogP contribution in [0.25, 0.3) is 0 Å². The van der Waals surface area contributed by atoms with Crippen LogP contribution in [0, 0.1) is 6.92 Å². The number of nitrogens with one attached hydrogen (secondary N) is 2. The molecule has 3 aromatic rings. The second-order valence-electron chi connectivity index (χ2n) is 6.82. The highest BCUT2D eigenvalue weighted by Crippen LogP contribution is 2.20. The Balaban J connectivity index is 1.71. The Bertz CT molecular complexity index is 989. The molecule has 0 aromatic heterocycles. The van der Waals surface area contributed by atoms with Crippen molar-refractivity contribution in [3.63, 3.8) is 0 Å². The van der Waals surface area contributed by atoms with Crippen LogP contribution in [0.3, 0.4) is 0 Å². The fourth-order valence-electron chi connectivity index (χ4n) is 3.08. The normalized spacial score (nSPS) is 11.5. The van der Waals surface area contributed by atoms with E-state index in [-0.39, 0.29) is 18.2 Å². The molecule has 0 unspecified atom stereocenters. The Morgan fingerprint density at radius 3 is 2.28 bits per heavy atom. The van der Waals surface area contributed by atoms with E-state index in [1.54, 1.807) is 24.3 Å². The van der Waals surface area contributed by atoms with E-state index in [1.165, 1.54) is 0 Å². The Kier molecular flexibility index (Phi) is 7.04. The van der Waals surface area contributed by atoms with Crippen molar-refractivity contribution in [2.75, 3.05) is 0 Å². The number of hydrogen-bond acceptors (Lipinski definition) is 2. The van der Waals surface area contributed by atoms with E-state index in [2.05, 4.69) is 10.6 Å². The molecule has 5 heteroatoms. The van der Waals surface area contributed by atoms with Crippen LogP contribution in [0.1, 0.15) is 39.5 Å². The number of hydrogen-bond donors (Lipinski definition) is 2. The number of amides is 2. The van der Waals surface area contributed by atoms with E-state index >= 15 is 0 Å². The maximum atomic E-state index is 12.7. The summed E-state index contributed by atoms with van der Waals surface area (Å²) in [6, 6.07) is 23.8. The van der Waals surface area contributed by atoms with Crippen molar-refractivity contribution >= 4 is 23.4 Å².